The largest absolute Gasteiger partial charge is 0.456 e. The Labute approximate surface area is 349 Å². The number of furan rings is 2. The van der Waals surface area contributed by atoms with Gasteiger partial charge in [-0.2, -0.15) is 0 Å². The van der Waals surface area contributed by atoms with Gasteiger partial charge in [0.25, 0.3) is 0 Å². The average molecular weight is 780 g/mol. The maximum atomic E-state index is 6.40. The summed E-state index contributed by atoms with van der Waals surface area (Å²) < 4.78 is 14.9. The predicted molar refractivity (Wildman–Crippen MR) is 250 cm³/mol. The van der Waals surface area contributed by atoms with Crippen molar-refractivity contribution in [1.29, 1.82) is 0 Å². The van der Waals surface area contributed by atoms with Gasteiger partial charge >= 0.3 is 0 Å². The fourth-order valence-electron chi connectivity index (χ4n) is 9.28. The molecule has 0 saturated heterocycles. The van der Waals surface area contributed by atoms with Crippen molar-refractivity contribution in [2.75, 3.05) is 0 Å². The lowest BCUT2D eigenvalue weighted by molar-refractivity contribution is 0.668. The van der Waals surface area contributed by atoms with Crippen LogP contribution in [0.25, 0.3) is 127 Å². The molecule has 0 aliphatic heterocycles. The van der Waals surface area contributed by atoms with E-state index in [1.165, 1.54) is 21.9 Å². The van der Waals surface area contributed by atoms with Crippen molar-refractivity contribution in [3.63, 3.8) is 0 Å². The Kier molecular flexibility index (Phi) is 7.24. The number of hydrogen-bond donors (Lipinski definition) is 0. The third kappa shape index (κ3) is 5.34. The van der Waals surface area contributed by atoms with Gasteiger partial charge < -0.3 is 13.4 Å². The molecule has 4 heterocycles. The molecule has 4 aromatic heterocycles. The molecule has 0 atom stereocenters. The van der Waals surface area contributed by atoms with Crippen molar-refractivity contribution in [2.45, 2.75) is 0 Å². The van der Waals surface area contributed by atoms with E-state index in [1.807, 2.05) is 48.5 Å². The first-order chi connectivity index (χ1) is 30.2. The SMILES string of the molecule is c1ccc(-c2nc(-c3ccc4oc5ccc(-c6cccc(-n7c8ccccc8c8cc(-c9ccc%10oc%11ccccc%11c%10c9)ccc87)c6)cc5c4c3)nc3ccccc23)cc1. The van der Waals surface area contributed by atoms with Gasteiger partial charge in [-0.1, -0.05) is 115 Å². The number of nitrogens with zero attached hydrogens (tertiary/aromatic N) is 3. The summed E-state index contributed by atoms with van der Waals surface area (Å²) in [6.07, 6.45) is 0. The van der Waals surface area contributed by atoms with Crippen LogP contribution in [0.2, 0.25) is 0 Å². The molecule has 13 rings (SSSR count). The molecule has 0 spiro atoms. The van der Waals surface area contributed by atoms with Crippen molar-refractivity contribution in [3.05, 3.63) is 200 Å². The van der Waals surface area contributed by atoms with Crippen LogP contribution >= 0.6 is 0 Å². The molecule has 0 aliphatic rings. The highest BCUT2D eigenvalue weighted by Gasteiger charge is 2.17. The highest BCUT2D eigenvalue weighted by molar-refractivity contribution is 6.12. The normalized spacial score (nSPS) is 11.9. The zero-order valence-electron chi connectivity index (χ0n) is 32.7. The molecule has 5 nitrogen and oxygen atoms in total. The molecular formula is C56H33N3O2. The summed E-state index contributed by atoms with van der Waals surface area (Å²) in [5, 5.41) is 7.80. The molecule has 0 amide bonds. The minimum absolute atomic E-state index is 0.684. The molecule has 0 unspecified atom stereocenters. The van der Waals surface area contributed by atoms with Crippen LogP contribution < -0.4 is 0 Å². The van der Waals surface area contributed by atoms with Gasteiger partial charge in [0.2, 0.25) is 0 Å². The van der Waals surface area contributed by atoms with Crippen LogP contribution in [0.15, 0.2) is 209 Å². The number of hydrogen-bond acceptors (Lipinski definition) is 4. The van der Waals surface area contributed by atoms with Crippen LogP contribution in [-0.4, -0.2) is 14.5 Å². The van der Waals surface area contributed by atoms with E-state index in [0.717, 1.165) is 99.5 Å². The number of aromatic nitrogens is 3. The van der Waals surface area contributed by atoms with E-state index in [9.17, 15) is 0 Å². The van der Waals surface area contributed by atoms with Crippen molar-refractivity contribution in [2.24, 2.45) is 0 Å². The Hall–Kier alpha value is -8.28. The lowest BCUT2D eigenvalue weighted by Crippen LogP contribution is -1.95. The van der Waals surface area contributed by atoms with Crippen LogP contribution in [0.3, 0.4) is 0 Å². The number of rotatable bonds is 5. The smallest absolute Gasteiger partial charge is 0.160 e. The summed E-state index contributed by atoms with van der Waals surface area (Å²) in [5.41, 5.74) is 15.3. The summed E-state index contributed by atoms with van der Waals surface area (Å²) in [6.45, 7) is 0. The van der Waals surface area contributed by atoms with Gasteiger partial charge in [0, 0.05) is 54.5 Å². The predicted octanol–water partition coefficient (Wildman–Crippen LogP) is 15.2. The highest BCUT2D eigenvalue weighted by atomic mass is 16.3. The topological polar surface area (TPSA) is 57.0 Å². The molecular weight excluding hydrogens is 747 g/mol. The van der Waals surface area contributed by atoms with Crippen molar-refractivity contribution >= 4 is 76.6 Å². The zero-order chi connectivity index (χ0) is 40.0. The molecule has 0 N–H and O–H groups in total. The van der Waals surface area contributed by atoms with E-state index in [4.69, 9.17) is 18.8 Å². The van der Waals surface area contributed by atoms with Crippen LogP contribution in [0.4, 0.5) is 0 Å². The summed E-state index contributed by atoms with van der Waals surface area (Å²) in [5.74, 6) is 0.684. The van der Waals surface area contributed by atoms with E-state index < -0.39 is 0 Å². The van der Waals surface area contributed by atoms with Gasteiger partial charge in [-0.05, 0) is 107 Å². The van der Waals surface area contributed by atoms with Crippen LogP contribution in [0.1, 0.15) is 0 Å². The second-order valence-electron chi connectivity index (χ2n) is 15.7. The maximum Gasteiger partial charge on any atom is 0.160 e. The van der Waals surface area contributed by atoms with Crippen LogP contribution in [0.5, 0.6) is 0 Å². The van der Waals surface area contributed by atoms with Gasteiger partial charge in [-0.25, -0.2) is 9.97 Å². The number of para-hydroxylation sites is 3. The van der Waals surface area contributed by atoms with Crippen molar-refractivity contribution < 1.29 is 8.83 Å². The summed E-state index contributed by atoms with van der Waals surface area (Å²) >= 11 is 0. The quantitative estimate of drug-likeness (QED) is 0.175. The first-order valence-corrected chi connectivity index (χ1v) is 20.5. The second-order valence-corrected chi connectivity index (χ2v) is 15.7. The second kappa shape index (κ2) is 13.1. The maximum absolute atomic E-state index is 6.40. The monoisotopic (exact) mass is 779 g/mol. The number of fused-ring (bicyclic) bond motifs is 10. The standard InChI is InChI=1S/C56H33N3O2/c1-2-11-34(12-3-1)55-43-17-4-7-18-48(43)57-56(58-55)39-24-28-54-47(33-39)46-32-37(22-27-53(46)61-54)35-13-10-14-40(29-35)59-49-19-8-5-15-41(49)44-30-36(21-25-50(44)59)38-23-26-52-45(31-38)42-16-6-9-20-51(42)60-52/h1-33H. The molecule has 0 radical (unpaired) electrons. The fourth-order valence-corrected chi connectivity index (χ4v) is 9.28. The molecule has 0 bridgehead atoms. The van der Waals surface area contributed by atoms with Crippen molar-refractivity contribution in [1.82, 2.24) is 14.5 Å². The summed E-state index contributed by atoms with van der Waals surface area (Å²) in [4.78, 5) is 10.2. The van der Waals surface area contributed by atoms with Gasteiger partial charge in [0.15, 0.2) is 5.82 Å². The van der Waals surface area contributed by atoms with Gasteiger partial charge in [0.1, 0.15) is 22.3 Å². The molecule has 13 aromatic rings. The molecule has 0 saturated carbocycles. The molecule has 0 fully saturated rings. The number of benzene rings is 9. The third-order valence-electron chi connectivity index (χ3n) is 12.2. The summed E-state index contributed by atoms with van der Waals surface area (Å²) in [7, 11) is 0. The van der Waals surface area contributed by atoms with Gasteiger partial charge in [-0.15, -0.1) is 0 Å². The molecule has 284 valence electrons. The Morgan fingerprint density at radius 3 is 1.61 bits per heavy atom. The Morgan fingerprint density at radius 2 is 0.836 bits per heavy atom. The Morgan fingerprint density at radius 1 is 0.311 bits per heavy atom. The Balaban J connectivity index is 0.906. The third-order valence-corrected chi connectivity index (χ3v) is 12.2. The van der Waals surface area contributed by atoms with Crippen molar-refractivity contribution in [3.8, 4) is 50.6 Å². The van der Waals surface area contributed by atoms with E-state index in [-0.39, 0.29) is 0 Å². The highest BCUT2D eigenvalue weighted by Crippen LogP contribution is 2.40. The Bertz CT molecular complexity index is 3890. The van der Waals surface area contributed by atoms with Crippen LogP contribution in [-0.2, 0) is 0 Å². The molecule has 0 aliphatic carbocycles. The lowest BCUT2D eigenvalue weighted by atomic mass is 10.0. The lowest BCUT2D eigenvalue weighted by Gasteiger charge is -2.11. The summed E-state index contributed by atoms with van der Waals surface area (Å²) in [6, 6.07) is 70.4. The van der Waals surface area contributed by atoms with E-state index >= 15 is 0 Å². The van der Waals surface area contributed by atoms with E-state index in [2.05, 4.69) is 156 Å². The van der Waals surface area contributed by atoms with E-state index in [0.29, 0.717) is 5.82 Å². The minimum atomic E-state index is 0.684. The van der Waals surface area contributed by atoms with Crippen LogP contribution in [0, 0.1) is 0 Å². The van der Waals surface area contributed by atoms with Gasteiger partial charge in [-0.3, -0.25) is 0 Å². The molecule has 9 aromatic carbocycles. The molecule has 61 heavy (non-hydrogen) atoms. The zero-order valence-corrected chi connectivity index (χ0v) is 32.7. The minimum Gasteiger partial charge on any atom is -0.456 e. The average Bonchev–Trinajstić information content (AvgIpc) is 4.00. The fraction of sp³-hybridized carbons (Fsp3) is 0. The first kappa shape index (κ1) is 33.7. The van der Waals surface area contributed by atoms with Gasteiger partial charge in [0.05, 0.1) is 22.2 Å². The molecule has 5 heteroatoms. The van der Waals surface area contributed by atoms with E-state index in [1.54, 1.807) is 0 Å². The first-order valence-electron chi connectivity index (χ1n) is 20.5.